The number of carbonyl (C=O) groups excluding carboxylic acids is 1. The first-order valence-electron chi connectivity index (χ1n) is 12.0. The van der Waals surface area contributed by atoms with Crippen LogP contribution in [0.1, 0.15) is 47.3 Å². The van der Waals surface area contributed by atoms with Crippen molar-refractivity contribution in [2.75, 3.05) is 5.32 Å². The Morgan fingerprint density at radius 3 is 2.68 bits per heavy atom. The number of halogens is 1. The first kappa shape index (κ1) is 24.7. The minimum atomic E-state index is -0.779. The molecule has 0 saturated heterocycles. The SMILES string of the molecule is CCc1cc(Nc2cc(C)nc(-c3cnc(C(=O)NC(C)c4ccc(-n5cccn5)nc4)c(F)c3)n2)n[nH]1. The van der Waals surface area contributed by atoms with E-state index in [1.54, 1.807) is 48.4 Å². The van der Waals surface area contributed by atoms with E-state index in [0.29, 0.717) is 28.7 Å². The van der Waals surface area contributed by atoms with Crippen LogP contribution in [-0.4, -0.2) is 45.8 Å². The Morgan fingerprint density at radius 1 is 1.13 bits per heavy atom. The number of hydrogen-bond donors (Lipinski definition) is 3. The molecule has 0 aliphatic carbocycles. The third kappa shape index (κ3) is 5.38. The fourth-order valence-electron chi connectivity index (χ4n) is 3.77. The zero-order valence-corrected chi connectivity index (χ0v) is 21.0. The highest BCUT2D eigenvalue weighted by Gasteiger charge is 2.19. The molecule has 0 spiro atoms. The van der Waals surface area contributed by atoms with Crippen LogP contribution in [0.15, 0.2) is 61.2 Å². The number of nitrogens with one attached hydrogen (secondary N) is 3. The van der Waals surface area contributed by atoms with E-state index in [9.17, 15) is 4.79 Å². The highest BCUT2D eigenvalue weighted by molar-refractivity contribution is 5.93. The fraction of sp³-hybridized carbons (Fsp3) is 0.192. The molecule has 12 heteroatoms. The van der Waals surface area contributed by atoms with Crippen molar-refractivity contribution in [1.82, 2.24) is 45.2 Å². The Hall–Kier alpha value is -5.00. The molecule has 0 aliphatic heterocycles. The number of aromatic amines is 1. The Balaban J connectivity index is 1.29. The smallest absolute Gasteiger partial charge is 0.273 e. The molecular formula is C26H25FN10O. The number of nitrogens with zero attached hydrogens (tertiary/aromatic N) is 7. The van der Waals surface area contributed by atoms with Crippen molar-refractivity contribution in [3.63, 3.8) is 0 Å². The standard InChI is InChI=1S/C26H25FN10O/c1-4-19-12-22(36-35-19)33-21-10-15(2)31-25(34-21)18-11-20(27)24(29-14-18)26(38)32-16(3)17-6-7-23(28-13-17)37-9-5-8-30-37/h5-14,16H,4H2,1-3H3,(H,32,38)(H2,31,33,34,35,36). The van der Waals surface area contributed by atoms with Crippen LogP contribution in [0.4, 0.5) is 16.0 Å². The van der Waals surface area contributed by atoms with Gasteiger partial charge in [0.1, 0.15) is 5.82 Å². The maximum Gasteiger partial charge on any atom is 0.273 e. The van der Waals surface area contributed by atoms with Gasteiger partial charge in [0.2, 0.25) is 0 Å². The van der Waals surface area contributed by atoms with E-state index in [0.717, 1.165) is 17.7 Å². The first-order valence-corrected chi connectivity index (χ1v) is 12.0. The molecule has 1 amide bonds. The molecule has 11 nitrogen and oxygen atoms in total. The second kappa shape index (κ2) is 10.5. The molecule has 5 aromatic heterocycles. The van der Waals surface area contributed by atoms with Crippen LogP contribution in [0.3, 0.4) is 0 Å². The van der Waals surface area contributed by atoms with Crippen molar-refractivity contribution in [2.24, 2.45) is 0 Å². The van der Waals surface area contributed by atoms with Gasteiger partial charge < -0.3 is 10.6 Å². The lowest BCUT2D eigenvalue weighted by molar-refractivity contribution is 0.0930. The molecule has 3 N–H and O–H groups in total. The second-order valence-corrected chi connectivity index (χ2v) is 8.63. The molecule has 192 valence electrons. The molecule has 0 bridgehead atoms. The van der Waals surface area contributed by atoms with Crippen molar-refractivity contribution >= 4 is 17.5 Å². The van der Waals surface area contributed by atoms with Gasteiger partial charge in [-0.25, -0.2) is 29.0 Å². The van der Waals surface area contributed by atoms with E-state index >= 15 is 4.39 Å². The van der Waals surface area contributed by atoms with E-state index < -0.39 is 17.8 Å². The van der Waals surface area contributed by atoms with Crippen LogP contribution in [0.25, 0.3) is 17.2 Å². The van der Waals surface area contributed by atoms with Gasteiger partial charge in [0.05, 0.1) is 6.04 Å². The lowest BCUT2D eigenvalue weighted by Gasteiger charge is -2.14. The molecule has 1 unspecified atom stereocenters. The van der Waals surface area contributed by atoms with Crippen LogP contribution in [0, 0.1) is 12.7 Å². The molecule has 0 radical (unpaired) electrons. The maximum absolute atomic E-state index is 15.0. The van der Waals surface area contributed by atoms with Crippen molar-refractivity contribution in [2.45, 2.75) is 33.2 Å². The summed E-state index contributed by atoms with van der Waals surface area (Å²) in [4.78, 5) is 30.1. The van der Waals surface area contributed by atoms with Crippen LogP contribution >= 0.6 is 0 Å². The monoisotopic (exact) mass is 512 g/mol. The van der Waals surface area contributed by atoms with E-state index in [1.165, 1.54) is 12.3 Å². The van der Waals surface area contributed by atoms with Crippen LogP contribution in [0.5, 0.6) is 0 Å². The number of aromatic nitrogens is 8. The number of H-pyrrole nitrogens is 1. The molecule has 0 saturated carbocycles. The summed E-state index contributed by atoms with van der Waals surface area (Å²) < 4.78 is 16.6. The van der Waals surface area contributed by atoms with Crippen molar-refractivity contribution in [1.29, 1.82) is 0 Å². The minimum Gasteiger partial charge on any atom is -0.344 e. The summed E-state index contributed by atoms with van der Waals surface area (Å²) in [5, 5.41) is 17.2. The zero-order chi connectivity index (χ0) is 26.6. The van der Waals surface area contributed by atoms with Gasteiger partial charge >= 0.3 is 0 Å². The third-order valence-corrected chi connectivity index (χ3v) is 5.79. The first-order chi connectivity index (χ1) is 18.4. The van der Waals surface area contributed by atoms with Crippen molar-refractivity contribution in [3.8, 4) is 17.2 Å². The van der Waals surface area contributed by atoms with Gasteiger partial charge in [-0.1, -0.05) is 13.0 Å². The number of rotatable bonds is 8. The van der Waals surface area contributed by atoms with E-state index in [1.807, 2.05) is 26.0 Å². The Labute approximate surface area is 217 Å². The molecule has 38 heavy (non-hydrogen) atoms. The van der Waals surface area contributed by atoms with Gasteiger partial charge in [-0.15, -0.1) is 0 Å². The van der Waals surface area contributed by atoms with Gasteiger partial charge in [-0.3, -0.25) is 9.89 Å². The molecule has 0 aromatic carbocycles. The lowest BCUT2D eigenvalue weighted by atomic mass is 10.1. The highest BCUT2D eigenvalue weighted by Crippen LogP contribution is 2.22. The summed E-state index contributed by atoms with van der Waals surface area (Å²) in [6, 6.07) is 9.84. The summed E-state index contributed by atoms with van der Waals surface area (Å²) in [5.41, 5.74) is 2.43. The summed E-state index contributed by atoms with van der Waals surface area (Å²) in [5.74, 6) is 0.614. The summed E-state index contributed by atoms with van der Waals surface area (Å²) in [6.45, 7) is 5.61. The Morgan fingerprint density at radius 2 is 2.00 bits per heavy atom. The molecule has 5 heterocycles. The molecule has 1 atom stereocenters. The maximum atomic E-state index is 15.0. The summed E-state index contributed by atoms with van der Waals surface area (Å²) in [7, 11) is 0. The molecule has 0 fully saturated rings. The number of hydrogen-bond acceptors (Lipinski definition) is 8. The molecule has 5 rings (SSSR count). The summed E-state index contributed by atoms with van der Waals surface area (Å²) >= 11 is 0. The molecule has 5 aromatic rings. The number of amides is 1. The van der Waals surface area contributed by atoms with E-state index in [-0.39, 0.29) is 11.5 Å². The van der Waals surface area contributed by atoms with Crippen molar-refractivity contribution in [3.05, 3.63) is 89.6 Å². The molecule has 0 aliphatic rings. The summed E-state index contributed by atoms with van der Waals surface area (Å²) in [6.07, 6.45) is 7.29. The van der Waals surface area contributed by atoms with Gasteiger partial charge in [0, 0.05) is 53.9 Å². The minimum absolute atomic E-state index is 0.272. The highest BCUT2D eigenvalue weighted by atomic mass is 19.1. The zero-order valence-electron chi connectivity index (χ0n) is 21.0. The number of aryl methyl sites for hydroxylation is 2. The Kier molecular flexibility index (Phi) is 6.85. The van der Waals surface area contributed by atoms with Crippen molar-refractivity contribution < 1.29 is 9.18 Å². The number of carbonyl (C=O) groups is 1. The van der Waals surface area contributed by atoms with E-state index in [2.05, 4.69) is 45.9 Å². The predicted molar refractivity (Wildman–Crippen MR) is 138 cm³/mol. The van der Waals surface area contributed by atoms with Gasteiger partial charge in [0.25, 0.3) is 5.91 Å². The van der Waals surface area contributed by atoms with E-state index in [4.69, 9.17) is 0 Å². The van der Waals surface area contributed by atoms with Gasteiger partial charge in [0.15, 0.2) is 29.0 Å². The predicted octanol–water partition coefficient (Wildman–Crippen LogP) is 4.09. The van der Waals surface area contributed by atoms with Crippen LogP contribution in [-0.2, 0) is 6.42 Å². The lowest BCUT2D eigenvalue weighted by Crippen LogP contribution is -2.28. The van der Waals surface area contributed by atoms with Crippen LogP contribution < -0.4 is 10.6 Å². The largest absolute Gasteiger partial charge is 0.344 e. The number of anilines is 2. The number of pyridine rings is 2. The van der Waals surface area contributed by atoms with Crippen LogP contribution in [0.2, 0.25) is 0 Å². The fourth-order valence-corrected chi connectivity index (χ4v) is 3.77. The average Bonchev–Trinajstić information content (AvgIpc) is 3.61. The second-order valence-electron chi connectivity index (χ2n) is 8.63. The average molecular weight is 513 g/mol. The third-order valence-electron chi connectivity index (χ3n) is 5.79. The quantitative estimate of drug-likeness (QED) is 0.283. The van der Waals surface area contributed by atoms with Gasteiger partial charge in [-0.2, -0.15) is 10.2 Å². The topological polar surface area (TPSA) is 139 Å². The normalized spacial score (nSPS) is 11.8. The Bertz CT molecular complexity index is 1560. The molecular weight excluding hydrogens is 487 g/mol. The van der Waals surface area contributed by atoms with Gasteiger partial charge in [-0.05, 0) is 44.0 Å².